The minimum atomic E-state index is -2.89. The van der Waals surface area contributed by atoms with E-state index in [-0.39, 0.29) is 23.3 Å². The monoisotopic (exact) mass is 519 g/mol. The van der Waals surface area contributed by atoms with Crippen molar-refractivity contribution >= 4 is 33.0 Å². The van der Waals surface area contributed by atoms with E-state index in [0.29, 0.717) is 37.3 Å². The predicted molar refractivity (Wildman–Crippen MR) is 148 cm³/mol. The van der Waals surface area contributed by atoms with Gasteiger partial charge >= 0.3 is 0 Å². The number of carbonyl (C=O) groups excluding carboxylic acids is 2. The van der Waals surface area contributed by atoms with Crippen molar-refractivity contribution in [1.82, 2.24) is 4.90 Å². The Balaban J connectivity index is 1.37. The Morgan fingerprint density at radius 3 is 2.16 bits per heavy atom. The predicted octanol–water partition coefficient (Wildman–Crippen LogP) is 4.88. The zero-order chi connectivity index (χ0) is 26.4. The second kappa shape index (κ2) is 11.7. The number of amides is 2. The van der Waals surface area contributed by atoms with Gasteiger partial charge in [0.05, 0.1) is 11.5 Å². The van der Waals surface area contributed by atoms with E-state index >= 15 is 0 Å². The Morgan fingerprint density at radius 1 is 0.865 bits per heavy atom. The van der Waals surface area contributed by atoms with Crippen LogP contribution in [0.1, 0.15) is 41.3 Å². The van der Waals surface area contributed by atoms with Gasteiger partial charge in [-0.15, -0.1) is 0 Å². The van der Waals surface area contributed by atoms with Gasteiger partial charge in [0.15, 0.2) is 9.84 Å². The number of aryl methyl sites for hydroxylation is 1. The molecule has 0 radical (unpaired) electrons. The highest BCUT2D eigenvalue weighted by molar-refractivity contribution is 7.91. The van der Waals surface area contributed by atoms with Crippen LogP contribution < -0.4 is 10.6 Å². The van der Waals surface area contributed by atoms with Crippen molar-refractivity contribution in [3.05, 3.63) is 83.4 Å². The molecule has 3 aromatic rings. The standard InChI is InChI=1S/C29H33N3O4S/c1-3-4-28(33)30-26-12-5-21(2)27(19-26)23-8-10-24(11-9-23)29(34)31-25-13-6-22(7-14-25)20-32-15-17-37(35,36)18-16-32/h5-14,19H,3-4,15-18,20H2,1-2H3,(H,30,33)(H,31,34). The zero-order valence-electron chi connectivity index (χ0n) is 21.3. The first kappa shape index (κ1) is 26.6. The summed E-state index contributed by atoms with van der Waals surface area (Å²) in [6, 6.07) is 20.9. The molecule has 0 spiro atoms. The van der Waals surface area contributed by atoms with E-state index in [1.165, 1.54) is 0 Å². The van der Waals surface area contributed by atoms with Gasteiger partial charge < -0.3 is 10.6 Å². The van der Waals surface area contributed by atoms with E-state index in [0.717, 1.165) is 34.4 Å². The number of hydrogen-bond donors (Lipinski definition) is 2. The van der Waals surface area contributed by atoms with Gasteiger partial charge in [-0.2, -0.15) is 0 Å². The third kappa shape index (κ3) is 7.27. The maximum atomic E-state index is 12.8. The fourth-order valence-corrected chi connectivity index (χ4v) is 5.60. The van der Waals surface area contributed by atoms with Gasteiger partial charge in [-0.3, -0.25) is 14.5 Å². The first-order chi connectivity index (χ1) is 17.7. The van der Waals surface area contributed by atoms with Crippen molar-refractivity contribution in [1.29, 1.82) is 0 Å². The summed E-state index contributed by atoms with van der Waals surface area (Å²) < 4.78 is 23.2. The molecule has 194 valence electrons. The number of carbonyl (C=O) groups is 2. The minimum Gasteiger partial charge on any atom is -0.326 e. The summed E-state index contributed by atoms with van der Waals surface area (Å²) in [4.78, 5) is 26.9. The van der Waals surface area contributed by atoms with Crippen LogP contribution in [0.25, 0.3) is 11.1 Å². The largest absolute Gasteiger partial charge is 0.326 e. The van der Waals surface area contributed by atoms with Crippen LogP contribution in [0, 0.1) is 6.92 Å². The Labute approximate surface area is 218 Å². The lowest BCUT2D eigenvalue weighted by atomic mass is 9.98. The Bertz CT molecular complexity index is 1350. The highest BCUT2D eigenvalue weighted by atomic mass is 32.2. The molecule has 0 aromatic heterocycles. The first-order valence-electron chi connectivity index (χ1n) is 12.6. The molecule has 3 aromatic carbocycles. The summed E-state index contributed by atoms with van der Waals surface area (Å²) in [5.74, 6) is 0.220. The molecule has 0 bridgehead atoms. The first-order valence-corrected chi connectivity index (χ1v) is 14.4. The van der Waals surface area contributed by atoms with E-state index in [9.17, 15) is 18.0 Å². The Kier molecular flexibility index (Phi) is 8.41. The molecule has 0 saturated carbocycles. The van der Waals surface area contributed by atoms with E-state index in [1.807, 2.05) is 68.4 Å². The lowest BCUT2D eigenvalue weighted by Gasteiger charge is -2.26. The number of hydrogen-bond acceptors (Lipinski definition) is 5. The van der Waals surface area contributed by atoms with Crippen molar-refractivity contribution < 1.29 is 18.0 Å². The smallest absolute Gasteiger partial charge is 0.255 e. The van der Waals surface area contributed by atoms with Crippen molar-refractivity contribution in [3.63, 3.8) is 0 Å². The van der Waals surface area contributed by atoms with E-state index in [4.69, 9.17) is 0 Å². The Morgan fingerprint density at radius 2 is 1.51 bits per heavy atom. The van der Waals surface area contributed by atoms with Crippen LogP contribution in [-0.2, 0) is 21.2 Å². The van der Waals surface area contributed by atoms with Crippen LogP contribution in [-0.4, -0.2) is 49.7 Å². The van der Waals surface area contributed by atoms with Gasteiger partial charge in [0.1, 0.15) is 0 Å². The van der Waals surface area contributed by atoms with Crippen LogP contribution in [0.4, 0.5) is 11.4 Å². The van der Waals surface area contributed by atoms with E-state index < -0.39 is 9.84 Å². The van der Waals surface area contributed by atoms with Crippen LogP contribution >= 0.6 is 0 Å². The molecular weight excluding hydrogens is 486 g/mol. The molecular formula is C29H33N3O4S. The molecule has 1 aliphatic rings. The summed E-state index contributed by atoms with van der Waals surface area (Å²) in [5.41, 5.74) is 6.13. The van der Waals surface area contributed by atoms with Crippen LogP contribution in [0.5, 0.6) is 0 Å². The molecule has 0 aliphatic carbocycles. The molecule has 4 rings (SSSR count). The number of benzene rings is 3. The average Bonchev–Trinajstić information content (AvgIpc) is 2.88. The van der Waals surface area contributed by atoms with Crippen LogP contribution in [0.2, 0.25) is 0 Å². The third-order valence-corrected chi connectivity index (χ3v) is 8.12. The molecule has 8 heteroatoms. The molecule has 1 fully saturated rings. The van der Waals surface area contributed by atoms with Crippen molar-refractivity contribution in [3.8, 4) is 11.1 Å². The van der Waals surface area contributed by atoms with Gasteiger partial charge in [0, 0.05) is 43.0 Å². The highest BCUT2D eigenvalue weighted by Crippen LogP contribution is 2.27. The fourth-order valence-electron chi connectivity index (χ4n) is 4.33. The third-order valence-electron chi connectivity index (χ3n) is 6.51. The van der Waals surface area contributed by atoms with Crippen molar-refractivity contribution in [2.45, 2.75) is 33.2 Å². The van der Waals surface area contributed by atoms with Gasteiger partial charge in [-0.05, 0) is 72.0 Å². The Hall–Kier alpha value is -3.49. The van der Waals surface area contributed by atoms with Crippen molar-refractivity contribution in [2.75, 3.05) is 35.2 Å². The van der Waals surface area contributed by atoms with Crippen LogP contribution in [0.15, 0.2) is 66.7 Å². The zero-order valence-corrected chi connectivity index (χ0v) is 22.1. The normalized spacial score (nSPS) is 15.2. The maximum absolute atomic E-state index is 12.8. The molecule has 1 aliphatic heterocycles. The molecule has 37 heavy (non-hydrogen) atoms. The topological polar surface area (TPSA) is 95.6 Å². The summed E-state index contributed by atoms with van der Waals surface area (Å²) in [5, 5.41) is 5.87. The lowest BCUT2D eigenvalue weighted by Crippen LogP contribution is -2.39. The molecule has 1 heterocycles. The van der Waals surface area contributed by atoms with Gasteiger partial charge in [0.2, 0.25) is 5.91 Å². The van der Waals surface area contributed by atoms with Crippen molar-refractivity contribution in [2.24, 2.45) is 0 Å². The lowest BCUT2D eigenvalue weighted by molar-refractivity contribution is -0.116. The molecule has 0 atom stereocenters. The minimum absolute atomic E-state index is 0.000646. The molecule has 2 N–H and O–H groups in total. The van der Waals surface area contributed by atoms with Crippen LogP contribution in [0.3, 0.4) is 0 Å². The second-order valence-electron chi connectivity index (χ2n) is 9.48. The quantitative estimate of drug-likeness (QED) is 0.442. The number of sulfone groups is 1. The summed E-state index contributed by atoms with van der Waals surface area (Å²) in [7, 11) is -2.89. The van der Waals surface area contributed by atoms with Gasteiger partial charge in [-0.25, -0.2) is 8.42 Å². The SMILES string of the molecule is CCCC(=O)Nc1ccc(C)c(-c2ccc(C(=O)Nc3ccc(CN4CCS(=O)(=O)CC4)cc3)cc2)c1. The van der Waals surface area contributed by atoms with Gasteiger partial charge in [-0.1, -0.05) is 37.3 Å². The van der Waals surface area contributed by atoms with E-state index in [2.05, 4.69) is 15.5 Å². The number of rotatable bonds is 8. The second-order valence-corrected chi connectivity index (χ2v) is 11.8. The average molecular weight is 520 g/mol. The van der Waals surface area contributed by atoms with E-state index in [1.54, 1.807) is 12.1 Å². The summed E-state index contributed by atoms with van der Waals surface area (Å²) in [6.45, 7) is 5.78. The summed E-state index contributed by atoms with van der Waals surface area (Å²) in [6.07, 6.45) is 1.28. The molecule has 1 saturated heterocycles. The molecule has 0 unspecified atom stereocenters. The fraction of sp³-hybridized carbons (Fsp3) is 0.310. The summed E-state index contributed by atoms with van der Waals surface area (Å²) >= 11 is 0. The number of anilines is 2. The number of nitrogens with one attached hydrogen (secondary N) is 2. The number of nitrogens with zero attached hydrogens (tertiary/aromatic N) is 1. The molecule has 2 amide bonds. The van der Waals surface area contributed by atoms with Gasteiger partial charge in [0.25, 0.3) is 5.91 Å². The molecule has 7 nitrogen and oxygen atoms in total. The highest BCUT2D eigenvalue weighted by Gasteiger charge is 2.21. The maximum Gasteiger partial charge on any atom is 0.255 e.